The molecule has 1 aliphatic rings. The van der Waals surface area contributed by atoms with Crippen LogP contribution in [0.3, 0.4) is 0 Å². The maximum atomic E-state index is 12.7. The van der Waals surface area contributed by atoms with Crippen molar-refractivity contribution in [1.29, 1.82) is 0 Å². The molecule has 0 aliphatic carbocycles. The number of hydrogen-bond acceptors (Lipinski definition) is 3. The molecule has 1 fully saturated rings. The summed E-state index contributed by atoms with van der Waals surface area (Å²) < 4.78 is 5.46. The first-order chi connectivity index (χ1) is 9.27. The van der Waals surface area contributed by atoms with Crippen LogP contribution in [0, 0.1) is 5.92 Å². The van der Waals surface area contributed by atoms with Crippen LogP contribution in [-0.4, -0.2) is 38.3 Å². The zero-order valence-corrected chi connectivity index (χ0v) is 11.6. The van der Waals surface area contributed by atoms with E-state index in [1.807, 2.05) is 42.2 Å². The molecule has 4 nitrogen and oxygen atoms in total. The standard InChI is InChI=1S/C15H22N2O2/c1-3-16-14-11-19-10-13(14)15(18)17(4-2)12-8-6-5-7-9-12/h5-9,13-14,16H,3-4,10-11H2,1-2H3. The first-order valence-corrected chi connectivity index (χ1v) is 6.95. The molecule has 2 unspecified atom stereocenters. The Balaban J connectivity index is 2.12. The lowest BCUT2D eigenvalue weighted by Gasteiger charge is -2.26. The monoisotopic (exact) mass is 262 g/mol. The molecular weight excluding hydrogens is 240 g/mol. The lowest BCUT2D eigenvalue weighted by molar-refractivity contribution is -0.122. The molecule has 0 saturated carbocycles. The Labute approximate surface area is 114 Å². The summed E-state index contributed by atoms with van der Waals surface area (Å²) in [6.45, 7) is 6.72. The van der Waals surface area contributed by atoms with Gasteiger partial charge in [-0.3, -0.25) is 4.79 Å². The van der Waals surface area contributed by atoms with E-state index < -0.39 is 0 Å². The molecule has 19 heavy (non-hydrogen) atoms. The van der Waals surface area contributed by atoms with Gasteiger partial charge in [0.2, 0.25) is 5.91 Å². The molecule has 2 atom stereocenters. The maximum Gasteiger partial charge on any atom is 0.234 e. The van der Waals surface area contributed by atoms with E-state index in [1.54, 1.807) is 0 Å². The van der Waals surface area contributed by atoms with E-state index in [-0.39, 0.29) is 17.9 Å². The van der Waals surface area contributed by atoms with Gasteiger partial charge in [0.1, 0.15) is 0 Å². The summed E-state index contributed by atoms with van der Waals surface area (Å²) in [6.07, 6.45) is 0. The van der Waals surface area contributed by atoms with Gasteiger partial charge in [0.15, 0.2) is 0 Å². The topological polar surface area (TPSA) is 41.6 Å². The molecule has 104 valence electrons. The molecule has 2 rings (SSSR count). The fourth-order valence-corrected chi connectivity index (χ4v) is 2.53. The Kier molecular flexibility index (Phi) is 4.93. The smallest absolute Gasteiger partial charge is 0.234 e. The van der Waals surface area contributed by atoms with Crippen molar-refractivity contribution in [1.82, 2.24) is 5.32 Å². The normalized spacial score (nSPS) is 22.4. The average molecular weight is 262 g/mol. The maximum absolute atomic E-state index is 12.7. The summed E-state index contributed by atoms with van der Waals surface area (Å²) in [7, 11) is 0. The van der Waals surface area contributed by atoms with Crippen LogP contribution in [0.1, 0.15) is 13.8 Å². The minimum Gasteiger partial charge on any atom is -0.379 e. The van der Waals surface area contributed by atoms with Crippen molar-refractivity contribution in [2.24, 2.45) is 5.92 Å². The second kappa shape index (κ2) is 6.68. The molecule has 0 spiro atoms. The molecule has 1 aliphatic heterocycles. The summed E-state index contributed by atoms with van der Waals surface area (Å²) >= 11 is 0. The van der Waals surface area contributed by atoms with E-state index in [1.165, 1.54) is 0 Å². The highest BCUT2D eigenvalue weighted by Gasteiger charge is 2.36. The number of benzene rings is 1. The highest BCUT2D eigenvalue weighted by atomic mass is 16.5. The molecule has 4 heteroatoms. The SMILES string of the molecule is CCNC1COCC1C(=O)N(CC)c1ccccc1. The molecular formula is C15H22N2O2. The summed E-state index contributed by atoms with van der Waals surface area (Å²) in [6, 6.07) is 9.95. The molecule has 0 bridgehead atoms. The van der Waals surface area contributed by atoms with Crippen molar-refractivity contribution >= 4 is 11.6 Å². The van der Waals surface area contributed by atoms with E-state index in [9.17, 15) is 4.79 Å². The number of likely N-dealkylation sites (N-methyl/N-ethyl adjacent to an activating group) is 1. The van der Waals surface area contributed by atoms with Gasteiger partial charge in [-0.25, -0.2) is 0 Å². The lowest BCUT2D eigenvalue weighted by atomic mass is 10.0. The summed E-state index contributed by atoms with van der Waals surface area (Å²) in [5.41, 5.74) is 0.956. The number of para-hydroxylation sites is 1. The third-order valence-corrected chi connectivity index (χ3v) is 3.51. The van der Waals surface area contributed by atoms with Crippen LogP contribution in [-0.2, 0) is 9.53 Å². The number of carbonyl (C=O) groups excluding carboxylic acids is 1. The number of anilines is 1. The Bertz CT molecular complexity index is 408. The molecule has 0 radical (unpaired) electrons. The Morgan fingerprint density at radius 2 is 2.05 bits per heavy atom. The van der Waals surface area contributed by atoms with Gasteiger partial charge in [-0.1, -0.05) is 25.1 Å². The van der Waals surface area contributed by atoms with Gasteiger partial charge in [0, 0.05) is 18.3 Å². The molecule has 1 heterocycles. The Hall–Kier alpha value is -1.39. The molecule has 1 aromatic carbocycles. The number of nitrogens with one attached hydrogen (secondary N) is 1. The fourth-order valence-electron chi connectivity index (χ4n) is 2.53. The van der Waals surface area contributed by atoms with Gasteiger partial charge in [-0.05, 0) is 25.6 Å². The molecule has 1 aromatic rings. The van der Waals surface area contributed by atoms with Gasteiger partial charge in [-0.15, -0.1) is 0 Å². The van der Waals surface area contributed by atoms with Gasteiger partial charge in [0.05, 0.1) is 19.1 Å². The number of hydrogen-bond donors (Lipinski definition) is 1. The zero-order valence-electron chi connectivity index (χ0n) is 11.6. The summed E-state index contributed by atoms with van der Waals surface area (Å²) in [4.78, 5) is 14.5. The predicted octanol–water partition coefficient (Wildman–Crippen LogP) is 1.66. The van der Waals surface area contributed by atoms with E-state index in [4.69, 9.17) is 4.74 Å². The van der Waals surface area contributed by atoms with Gasteiger partial charge >= 0.3 is 0 Å². The van der Waals surface area contributed by atoms with Gasteiger partial charge < -0.3 is 15.0 Å². The highest BCUT2D eigenvalue weighted by Crippen LogP contribution is 2.21. The van der Waals surface area contributed by atoms with Gasteiger partial charge in [0.25, 0.3) is 0 Å². The molecule has 1 amide bonds. The second-order valence-corrected chi connectivity index (χ2v) is 4.73. The summed E-state index contributed by atoms with van der Waals surface area (Å²) in [5, 5.41) is 3.33. The third-order valence-electron chi connectivity index (χ3n) is 3.51. The molecule has 1 saturated heterocycles. The average Bonchev–Trinajstić information content (AvgIpc) is 2.89. The van der Waals surface area contributed by atoms with Crippen molar-refractivity contribution in [2.75, 3.05) is 31.2 Å². The van der Waals surface area contributed by atoms with Crippen LogP contribution in [0.4, 0.5) is 5.69 Å². The third kappa shape index (κ3) is 3.14. The van der Waals surface area contributed by atoms with Crippen molar-refractivity contribution in [3.8, 4) is 0 Å². The molecule has 0 aromatic heterocycles. The van der Waals surface area contributed by atoms with Crippen LogP contribution in [0.15, 0.2) is 30.3 Å². The second-order valence-electron chi connectivity index (χ2n) is 4.73. The van der Waals surface area contributed by atoms with Crippen LogP contribution in [0.5, 0.6) is 0 Å². The van der Waals surface area contributed by atoms with E-state index in [0.717, 1.165) is 12.2 Å². The summed E-state index contributed by atoms with van der Waals surface area (Å²) in [5.74, 6) is 0.0669. The molecule has 1 N–H and O–H groups in total. The van der Waals surface area contributed by atoms with Crippen molar-refractivity contribution in [2.45, 2.75) is 19.9 Å². The minimum atomic E-state index is -0.0832. The van der Waals surface area contributed by atoms with Crippen LogP contribution < -0.4 is 10.2 Å². The highest BCUT2D eigenvalue weighted by molar-refractivity contribution is 5.95. The first-order valence-electron chi connectivity index (χ1n) is 6.95. The number of amides is 1. The first kappa shape index (κ1) is 14.0. The van der Waals surface area contributed by atoms with Gasteiger partial charge in [-0.2, -0.15) is 0 Å². The van der Waals surface area contributed by atoms with Crippen LogP contribution in [0.25, 0.3) is 0 Å². The van der Waals surface area contributed by atoms with E-state index in [2.05, 4.69) is 12.2 Å². The Morgan fingerprint density at radius 1 is 1.32 bits per heavy atom. The minimum absolute atomic E-state index is 0.0832. The predicted molar refractivity (Wildman–Crippen MR) is 76.2 cm³/mol. The lowest BCUT2D eigenvalue weighted by Crippen LogP contribution is -2.46. The van der Waals surface area contributed by atoms with E-state index >= 15 is 0 Å². The van der Waals surface area contributed by atoms with E-state index in [0.29, 0.717) is 19.8 Å². The number of nitrogens with zero attached hydrogens (tertiary/aromatic N) is 1. The van der Waals surface area contributed by atoms with Crippen molar-refractivity contribution < 1.29 is 9.53 Å². The van der Waals surface area contributed by atoms with Crippen LogP contribution >= 0.6 is 0 Å². The largest absolute Gasteiger partial charge is 0.379 e. The number of ether oxygens (including phenoxy) is 1. The number of carbonyl (C=O) groups is 1. The number of rotatable bonds is 5. The van der Waals surface area contributed by atoms with Crippen LogP contribution in [0.2, 0.25) is 0 Å². The van der Waals surface area contributed by atoms with Crippen molar-refractivity contribution in [3.05, 3.63) is 30.3 Å². The fraction of sp³-hybridized carbons (Fsp3) is 0.533. The zero-order chi connectivity index (χ0) is 13.7. The quantitative estimate of drug-likeness (QED) is 0.877. The Morgan fingerprint density at radius 3 is 2.68 bits per heavy atom. The van der Waals surface area contributed by atoms with Crippen molar-refractivity contribution in [3.63, 3.8) is 0 Å².